The third-order valence-corrected chi connectivity index (χ3v) is 2.26. The van der Waals surface area contributed by atoms with Crippen LogP contribution in [-0.4, -0.2) is 55.4 Å². The van der Waals surface area contributed by atoms with Gasteiger partial charge in [-0.25, -0.2) is 0 Å². The van der Waals surface area contributed by atoms with Gasteiger partial charge >= 0.3 is 0 Å². The summed E-state index contributed by atoms with van der Waals surface area (Å²) in [7, 11) is 3.15. The summed E-state index contributed by atoms with van der Waals surface area (Å²) < 4.78 is 4.79. The number of ether oxygens (including phenoxy) is 1. The Labute approximate surface area is 97.6 Å². The van der Waals surface area contributed by atoms with Crippen molar-refractivity contribution in [3.63, 3.8) is 0 Å². The number of likely N-dealkylation sites (N-methyl/N-ethyl adjacent to an activating group) is 1. The second-order valence-corrected chi connectivity index (χ2v) is 4.56. The summed E-state index contributed by atoms with van der Waals surface area (Å²) in [6.45, 7) is 4.51. The third kappa shape index (κ3) is 6.05. The maximum absolute atomic E-state index is 11.8. The number of aliphatic hydroxyl groups excluding tert-OH is 1. The Hall–Kier alpha value is -0.650. The second kappa shape index (κ2) is 7.60. The number of carbonyl (C=O) groups excluding carboxylic acids is 1. The Bertz CT molecular complexity index is 209. The van der Waals surface area contributed by atoms with Gasteiger partial charge in [0, 0.05) is 20.7 Å². The molecule has 0 fully saturated rings. The predicted molar refractivity (Wildman–Crippen MR) is 63.0 cm³/mol. The Kier molecular flexibility index (Phi) is 7.29. The summed E-state index contributed by atoms with van der Waals surface area (Å²) in [6, 6.07) is -0.486. The van der Waals surface area contributed by atoms with Gasteiger partial charge < -0.3 is 20.5 Å². The number of nitrogens with zero attached hydrogens (tertiary/aromatic N) is 1. The first-order valence-electron chi connectivity index (χ1n) is 5.56. The number of nitrogens with two attached hydrogens (primary N) is 1. The molecule has 0 heterocycles. The van der Waals surface area contributed by atoms with E-state index in [9.17, 15) is 9.90 Å². The van der Waals surface area contributed by atoms with Crippen molar-refractivity contribution in [2.45, 2.75) is 32.4 Å². The quantitative estimate of drug-likeness (QED) is 0.639. The van der Waals surface area contributed by atoms with E-state index in [1.54, 1.807) is 7.05 Å². The van der Waals surface area contributed by atoms with Crippen LogP contribution in [0.25, 0.3) is 0 Å². The molecule has 0 aliphatic carbocycles. The molecular formula is C11H24N2O3. The highest BCUT2D eigenvalue weighted by molar-refractivity contribution is 5.81. The van der Waals surface area contributed by atoms with Crippen LogP contribution in [0, 0.1) is 5.92 Å². The van der Waals surface area contributed by atoms with Gasteiger partial charge in [-0.05, 0) is 12.3 Å². The maximum Gasteiger partial charge on any atom is 0.239 e. The first-order valence-corrected chi connectivity index (χ1v) is 5.56. The highest BCUT2D eigenvalue weighted by Crippen LogP contribution is 2.05. The van der Waals surface area contributed by atoms with Crippen molar-refractivity contribution < 1.29 is 14.6 Å². The minimum absolute atomic E-state index is 0.135. The number of hydrogen-bond acceptors (Lipinski definition) is 4. The van der Waals surface area contributed by atoms with E-state index in [1.807, 2.05) is 13.8 Å². The van der Waals surface area contributed by atoms with Crippen LogP contribution < -0.4 is 5.73 Å². The summed E-state index contributed by atoms with van der Waals surface area (Å²) in [5, 5.41) is 9.47. The molecule has 16 heavy (non-hydrogen) atoms. The van der Waals surface area contributed by atoms with Crippen molar-refractivity contribution in [3.8, 4) is 0 Å². The zero-order valence-electron chi connectivity index (χ0n) is 10.6. The maximum atomic E-state index is 11.8. The lowest BCUT2D eigenvalue weighted by Crippen LogP contribution is -2.45. The van der Waals surface area contributed by atoms with Crippen molar-refractivity contribution in [2.75, 3.05) is 27.3 Å². The van der Waals surface area contributed by atoms with Gasteiger partial charge in [-0.3, -0.25) is 4.79 Å². The predicted octanol–water partition coefficient (Wildman–Crippen LogP) is -0.174. The summed E-state index contributed by atoms with van der Waals surface area (Å²) in [5.41, 5.74) is 5.76. The number of aliphatic hydroxyl groups is 1. The van der Waals surface area contributed by atoms with Crippen molar-refractivity contribution in [1.82, 2.24) is 4.90 Å². The Morgan fingerprint density at radius 1 is 1.50 bits per heavy atom. The molecule has 2 atom stereocenters. The molecule has 0 saturated heterocycles. The highest BCUT2D eigenvalue weighted by Gasteiger charge is 2.20. The van der Waals surface area contributed by atoms with Gasteiger partial charge in [0.2, 0.25) is 5.91 Å². The minimum atomic E-state index is -0.662. The average molecular weight is 232 g/mol. The van der Waals surface area contributed by atoms with Crippen LogP contribution in [-0.2, 0) is 9.53 Å². The summed E-state index contributed by atoms with van der Waals surface area (Å²) >= 11 is 0. The smallest absolute Gasteiger partial charge is 0.239 e. The molecule has 0 aliphatic heterocycles. The topological polar surface area (TPSA) is 75.8 Å². The summed E-state index contributed by atoms with van der Waals surface area (Å²) in [5.74, 6) is 0.250. The molecule has 5 nitrogen and oxygen atoms in total. The zero-order valence-corrected chi connectivity index (χ0v) is 10.6. The van der Waals surface area contributed by atoms with Gasteiger partial charge in [0.05, 0.1) is 18.8 Å². The van der Waals surface area contributed by atoms with Gasteiger partial charge in [0.25, 0.3) is 0 Å². The van der Waals surface area contributed by atoms with Gasteiger partial charge in [-0.1, -0.05) is 13.8 Å². The van der Waals surface area contributed by atoms with Crippen LogP contribution in [0.15, 0.2) is 0 Å². The fourth-order valence-electron chi connectivity index (χ4n) is 1.54. The molecule has 1 amide bonds. The van der Waals surface area contributed by atoms with E-state index in [0.29, 0.717) is 12.3 Å². The van der Waals surface area contributed by atoms with E-state index in [-0.39, 0.29) is 19.1 Å². The second-order valence-electron chi connectivity index (χ2n) is 4.56. The van der Waals surface area contributed by atoms with Crippen LogP contribution in [0.5, 0.6) is 0 Å². The van der Waals surface area contributed by atoms with Gasteiger partial charge in [0.15, 0.2) is 0 Å². The molecule has 0 radical (unpaired) electrons. The molecule has 0 aromatic carbocycles. The van der Waals surface area contributed by atoms with Crippen molar-refractivity contribution in [2.24, 2.45) is 11.7 Å². The first kappa shape index (κ1) is 15.3. The lowest BCUT2D eigenvalue weighted by atomic mass is 10.0. The standard InChI is InChI=1S/C11H24N2O3/c1-8(2)5-10(12)11(15)13(3)6-9(14)7-16-4/h8-10,14H,5-7,12H2,1-4H3/t9?,10-/m0/s1. The molecule has 0 aromatic heterocycles. The number of carbonyl (C=O) groups is 1. The molecular weight excluding hydrogens is 208 g/mol. The molecule has 0 bridgehead atoms. The SMILES string of the molecule is COCC(O)CN(C)C(=O)[C@@H](N)CC(C)C. The molecule has 1 unspecified atom stereocenters. The van der Waals surface area contributed by atoms with Crippen LogP contribution in [0.2, 0.25) is 0 Å². The van der Waals surface area contributed by atoms with E-state index in [1.165, 1.54) is 12.0 Å². The van der Waals surface area contributed by atoms with Crippen LogP contribution in [0.3, 0.4) is 0 Å². The van der Waals surface area contributed by atoms with E-state index in [0.717, 1.165) is 0 Å². The van der Waals surface area contributed by atoms with E-state index >= 15 is 0 Å². The minimum Gasteiger partial charge on any atom is -0.389 e. The number of amides is 1. The van der Waals surface area contributed by atoms with E-state index < -0.39 is 12.1 Å². The van der Waals surface area contributed by atoms with E-state index in [2.05, 4.69) is 0 Å². The largest absolute Gasteiger partial charge is 0.389 e. The van der Waals surface area contributed by atoms with Crippen LogP contribution in [0.4, 0.5) is 0 Å². The molecule has 3 N–H and O–H groups in total. The lowest BCUT2D eigenvalue weighted by molar-refractivity contribution is -0.133. The fourth-order valence-corrected chi connectivity index (χ4v) is 1.54. The monoisotopic (exact) mass is 232 g/mol. The lowest BCUT2D eigenvalue weighted by Gasteiger charge is -2.24. The summed E-state index contributed by atoms with van der Waals surface area (Å²) in [6.07, 6.45) is -0.00556. The van der Waals surface area contributed by atoms with Crippen LogP contribution in [0.1, 0.15) is 20.3 Å². The molecule has 0 rings (SSSR count). The molecule has 0 spiro atoms. The number of hydrogen-bond donors (Lipinski definition) is 2. The van der Waals surface area contributed by atoms with Gasteiger partial charge in [-0.15, -0.1) is 0 Å². The molecule has 96 valence electrons. The summed E-state index contributed by atoms with van der Waals surface area (Å²) in [4.78, 5) is 13.2. The molecule has 0 aromatic rings. The average Bonchev–Trinajstić information content (AvgIpc) is 2.15. The van der Waals surface area contributed by atoms with Gasteiger partial charge in [-0.2, -0.15) is 0 Å². The highest BCUT2D eigenvalue weighted by atomic mass is 16.5. The first-order chi connectivity index (χ1) is 7.38. The van der Waals surface area contributed by atoms with Crippen molar-refractivity contribution in [1.29, 1.82) is 0 Å². The Balaban J connectivity index is 4.06. The fraction of sp³-hybridized carbons (Fsp3) is 0.909. The van der Waals surface area contributed by atoms with Crippen LogP contribution >= 0.6 is 0 Å². The molecule has 5 heteroatoms. The van der Waals surface area contributed by atoms with Crippen molar-refractivity contribution in [3.05, 3.63) is 0 Å². The van der Waals surface area contributed by atoms with Gasteiger partial charge in [0.1, 0.15) is 0 Å². The molecule has 0 saturated carbocycles. The third-order valence-electron chi connectivity index (χ3n) is 2.26. The molecule has 0 aliphatic rings. The van der Waals surface area contributed by atoms with Crippen molar-refractivity contribution >= 4 is 5.91 Å². The van der Waals surface area contributed by atoms with E-state index in [4.69, 9.17) is 10.5 Å². The normalized spacial score (nSPS) is 14.9. The number of rotatable bonds is 7. The zero-order chi connectivity index (χ0) is 12.7. The Morgan fingerprint density at radius 2 is 2.06 bits per heavy atom. The Morgan fingerprint density at radius 3 is 2.50 bits per heavy atom. The number of methoxy groups -OCH3 is 1.